The fourth-order valence-electron chi connectivity index (χ4n) is 4.99. The topological polar surface area (TPSA) is 70.1 Å². The number of nitrogens with zero attached hydrogens (tertiary/aromatic N) is 2. The lowest BCUT2D eigenvalue weighted by Gasteiger charge is -2.27. The maximum Gasteiger partial charge on any atom is 0.300 e. The number of benzene rings is 3. The van der Waals surface area contributed by atoms with Crippen LogP contribution in [0.2, 0.25) is 5.02 Å². The maximum absolute atomic E-state index is 13.4. The summed E-state index contributed by atoms with van der Waals surface area (Å²) in [4.78, 5) is 30.4. The largest absolute Gasteiger partial charge is 0.507 e. The van der Waals surface area contributed by atoms with Gasteiger partial charge in [-0.1, -0.05) is 29.8 Å². The number of rotatable bonds is 6. The molecule has 36 heavy (non-hydrogen) atoms. The molecule has 6 nitrogen and oxygen atoms in total. The summed E-state index contributed by atoms with van der Waals surface area (Å²) in [6, 6.07) is 19.1. The number of ether oxygens (including phenoxy) is 1. The smallest absolute Gasteiger partial charge is 0.300 e. The molecule has 0 bridgehead atoms. The van der Waals surface area contributed by atoms with Crippen LogP contribution < -0.4 is 14.5 Å². The lowest BCUT2D eigenvalue weighted by molar-refractivity contribution is -0.132. The van der Waals surface area contributed by atoms with Gasteiger partial charge in [-0.2, -0.15) is 0 Å². The Bertz CT molecular complexity index is 1360. The van der Waals surface area contributed by atoms with Crippen LogP contribution in [0.4, 0.5) is 11.4 Å². The van der Waals surface area contributed by atoms with E-state index in [2.05, 4.69) is 18.7 Å². The molecule has 1 atom stereocenters. The number of ketones is 1. The Kier molecular flexibility index (Phi) is 6.46. The van der Waals surface area contributed by atoms with E-state index < -0.39 is 17.7 Å². The highest BCUT2D eigenvalue weighted by molar-refractivity contribution is 6.51. The third-order valence-electron chi connectivity index (χ3n) is 6.83. The van der Waals surface area contributed by atoms with Crippen LogP contribution in [0.3, 0.4) is 0 Å². The first-order chi connectivity index (χ1) is 17.4. The molecule has 3 aromatic carbocycles. The lowest BCUT2D eigenvalue weighted by Crippen LogP contribution is -2.29. The summed E-state index contributed by atoms with van der Waals surface area (Å²) in [6.07, 6.45) is 0.726. The van der Waals surface area contributed by atoms with Crippen LogP contribution in [-0.2, 0) is 16.0 Å². The van der Waals surface area contributed by atoms with Gasteiger partial charge >= 0.3 is 0 Å². The zero-order valence-corrected chi connectivity index (χ0v) is 21.0. The third-order valence-corrected chi connectivity index (χ3v) is 7.07. The average molecular weight is 503 g/mol. The predicted octanol–water partition coefficient (Wildman–Crippen LogP) is 5.75. The van der Waals surface area contributed by atoms with Crippen LogP contribution in [0, 0.1) is 0 Å². The fourth-order valence-corrected chi connectivity index (χ4v) is 5.17. The lowest BCUT2D eigenvalue weighted by atomic mass is 9.94. The molecular formula is C29H27ClN2O4. The molecule has 7 heteroatoms. The van der Waals surface area contributed by atoms with E-state index in [0.717, 1.165) is 42.1 Å². The summed E-state index contributed by atoms with van der Waals surface area (Å²) in [5.41, 5.74) is 3.74. The standard InChI is InChI=1S/C29H27ClN2O4/c1-3-31(4-2)22-11-8-18(9-12-22)26-25(27(33)20-10-13-24-19(16-20)14-15-36-24)28(34)29(35)32(26)23-7-5-6-21(30)17-23/h5-13,16-17,26,33H,3-4,14-15H2,1-2H3/b27-25-. The van der Waals surface area contributed by atoms with Gasteiger partial charge in [0.05, 0.1) is 18.2 Å². The van der Waals surface area contributed by atoms with Crippen molar-refractivity contribution >= 4 is 40.4 Å². The molecule has 0 spiro atoms. The van der Waals surface area contributed by atoms with E-state index in [1.54, 1.807) is 36.4 Å². The number of fused-ring (bicyclic) bond motifs is 1. The SMILES string of the molecule is CCN(CC)c1ccc(C2/C(=C(/O)c3ccc4c(c3)CCO4)C(=O)C(=O)N2c2cccc(Cl)c2)cc1. The average Bonchev–Trinajstić information content (AvgIpc) is 3.46. The number of aliphatic hydroxyl groups is 1. The molecule has 2 aliphatic heterocycles. The molecule has 0 aromatic heterocycles. The molecule has 1 fully saturated rings. The van der Waals surface area contributed by atoms with E-state index in [0.29, 0.717) is 22.9 Å². The number of carbonyl (C=O) groups excluding carboxylic acids is 2. The molecule has 1 saturated heterocycles. The van der Waals surface area contributed by atoms with Crippen molar-refractivity contribution in [2.45, 2.75) is 26.3 Å². The van der Waals surface area contributed by atoms with Crippen molar-refractivity contribution in [3.8, 4) is 5.75 Å². The number of anilines is 2. The van der Waals surface area contributed by atoms with E-state index in [9.17, 15) is 14.7 Å². The van der Waals surface area contributed by atoms with Gasteiger partial charge in [-0.15, -0.1) is 0 Å². The van der Waals surface area contributed by atoms with Crippen LogP contribution in [0.5, 0.6) is 5.75 Å². The van der Waals surface area contributed by atoms with Crippen molar-refractivity contribution < 1.29 is 19.4 Å². The highest BCUT2D eigenvalue weighted by Crippen LogP contribution is 2.43. The minimum atomic E-state index is -0.807. The van der Waals surface area contributed by atoms with Gasteiger partial charge in [0, 0.05) is 41.5 Å². The minimum Gasteiger partial charge on any atom is -0.507 e. The number of carbonyl (C=O) groups is 2. The van der Waals surface area contributed by atoms with Gasteiger partial charge in [0.2, 0.25) is 0 Å². The number of aliphatic hydroxyl groups excluding tert-OH is 1. The van der Waals surface area contributed by atoms with Crippen molar-refractivity contribution in [2.75, 3.05) is 29.5 Å². The first-order valence-corrected chi connectivity index (χ1v) is 12.5. The van der Waals surface area contributed by atoms with E-state index in [1.165, 1.54) is 4.90 Å². The Labute approximate surface area is 215 Å². The quantitative estimate of drug-likeness (QED) is 0.264. The number of halogens is 1. The summed E-state index contributed by atoms with van der Waals surface area (Å²) in [5, 5.41) is 11.9. The predicted molar refractivity (Wildman–Crippen MR) is 142 cm³/mol. The second-order valence-corrected chi connectivity index (χ2v) is 9.27. The summed E-state index contributed by atoms with van der Waals surface area (Å²) >= 11 is 6.24. The first-order valence-electron chi connectivity index (χ1n) is 12.1. The van der Waals surface area contributed by atoms with E-state index >= 15 is 0 Å². The molecule has 0 saturated carbocycles. The van der Waals surface area contributed by atoms with Crippen molar-refractivity contribution in [1.82, 2.24) is 0 Å². The van der Waals surface area contributed by atoms with Crippen LogP contribution in [0.25, 0.3) is 5.76 Å². The van der Waals surface area contributed by atoms with Gasteiger partial charge in [-0.05, 0) is 73.5 Å². The molecule has 1 amide bonds. The normalized spacial score (nSPS) is 18.3. The number of hydrogen-bond donors (Lipinski definition) is 1. The zero-order valence-electron chi connectivity index (χ0n) is 20.2. The van der Waals surface area contributed by atoms with Gasteiger partial charge in [0.25, 0.3) is 11.7 Å². The molecular weight excluding hydrogens is 476 g/mol. The van der Waals surface area contributed by atoms with E-state index in [1.807, 2.05) is 30.3 Å². The highest BCUT2D eigenvalue weighted by Gasteiger charge is 2.47. The van der Waals surface area contributed by atoms with Crippen molar-refractivity contribution in [3.05, 3.63) is 94.0 Å². The monoisotopic (exact) mass is 502 g/mol. The zero-order chi connectivity index (χ0) is 25.4. The number of amides is 1. The number of Topliss-reactive ketones (excluding diaryl/α,β-unsaturated/α-hetero) is 1. The van der Waals surface area contributed by atoms with Gasteiger partial charge < -0.3 is 14.7 Å². The van der Waals surface area contributed by atoms with E-state index in [-0.39, 0.29) is 11.3 Å². The molecule has 1 unspecified atom stereocenters. The summed E-state index contributed by atoms with van der Waals surface area (Å²) in [5.74, 6) is -0.872. The molecule has 1 N–H and O–H groups in total. The Balaban J connectivity index is 1.67. The Morgan fingerprint density at radius 3 is 2.50 bits per heavy atom. The Hall–Kier alpha value is -3.77. The molecule has 2 aliphatic rings. The van der Waals surface area contributed by atoms with Crippen molar-refractivity contribution in [2.24, 2.45) is 0 Å². The van der Waals surface area contributed by atoms with Crippen LogP contribution in [0.1, 0.15) is 36.6 Å². The molecule has 5 rings (SSSR count). The third kappa shape index (κ3) is 4.11. The second-order valence-electron chi connectivity index (χ2n) is 8.83. The van der Waals surface area contributed by atoms with Crippen LogP contribution in [0.15, 0.2) is 72.3 Å². The van der Waals surface area contributed by atoms with Crippen molar-refractivity contribution in [1.29, 1.82) is 0 Å². The maximum atomic E-state index is 13.4. The Morgan fingerprint density at radius 1 is 1.06 bits per heavy atom. The van der Waals surface area contributed by atoms with Gasteiger partial charge in [0.15, 0.2) is 0 Å². The van der Waals surface area contributed by atoms with Crippen LogP contribution >= 0.6 is 11.6 Å². The minimum absolute atomic E-state index is 0.0504. The van der Waals surface area contributed by atoms with Gasteiger partial charge in [-0.25, -0.2) is 0 Å². The van der Waals surface area contributed by atoms with Crippen LogP contribution in [-0.4, -0.2) is 36.5 Å². The highest BCUT2D eigenvalue weighted by atomic mass is 35.5. The van der Waals surface area contributed by atoms with E-state index in [4.69, 9.17) is 16.3 Å². The molecule has 2 heterocycles. The molecule has 3 aromatic rings. The molecule has 184 valence electrons. The summed E-state index contributed by atoms with van der Waals surface area (Å²) in [6.45, 7) is 6.48. The number of hydrogen-bond acceptors (Lipinski definition) is 5. The van der Waals surface area contributed by atoms with Crippen molar-refractivity contribution in [3.63, 3.8) is 0 Å². The van der Waals surface area contributed by atoms with Gasteiger partial charge in [0.1, 0.15) is 11.5 Å². The molecule has 0 aliphatic carbocycles. The summed E-state index contributed by atoms with van der Waals surface area (Å²) in [7, 11) is 0. The Morgan fingerprint density at radius 2 is 1.81 bits per heavy atom. The fraction of sp³-hybridized carbons (Fsp3) is 0.241. The second kappa shape index (κ2) is 9.70. The summed E-state index contributed by atoms with van der Waals surface area (Å²) < 4.78 is 5.58. The van der Waals surface area contributed by atoms with Gasteiger partial charge in [-0.3, -0.25) is 14.5 Å². The molecule has 0 radical (unpaired) electrons. The first kappa shape index (κ1) is 23.9.